The van der Waals surface area contributed by atoms with Gasteiger partial charge in [0.1, 0.15) is 0 Å². The Hall–Kier alpha value is -2.15. The normalized spacial score (nSPS) is 31.6. The van der Waals surface area contributed by atoms with Crippen molar-refractivity contribution >= 4 is 17.5 Å². The van der Waals surface area contributed by atoms with E-state index >= 15 is 0 Å². The first kappa shape index (κ1) is 19.8. The first-order valence-electron chi connectivity index (χ1n) is 11.5. The Bertz CT molecular complexity index is 794. The number of nitrogens with one attached hydrogen (secondary N) is 1. The molecule has 1 aliphatic carbocycles. The molecule has 3 saturated heterocycles. The fraction of sp³-hybridized carbons (Fsp3) is 0.696. The summed E-state index contributed by atoms with van der Waals surface area (Å²) in [4.78, 5) is 36.4. The van der Waals surface area contributed by atoms with E-state index < -0.39 is 0 Å². The summed E-state index contributed by atoms with van der Waals surface area (Å²) in [5.74, 6) is 1.67. The molecule has 1 aromatic rings. The SMILES string of the molecule is CC1CCN(CC(=O)N[C@]23C[C@H]2CN(C(=O)C2CCN(c4ccncc4)CC2)C3)C1. The van der Waals surface area contributed by atoms with Crippen molar-refractivity contribution in [2.24, 2.45) is 17.8 Å². The Kier molecular flexibility index (Phi) is 5.17. The van der Waals surface area contributed by atoms with Crippen LogP contribution in [0.25, 0.3) is 0 Å². The average Bonchev–Trinajstić information content (AvgIpc) is 3.06. The predicted octanol–water partition coefficient (Wildman–Crippen LogP) is 1.36. The van der Waals surface area contributed by atoms with Gasteiger partial charge in [0.25, 0.3) is 0 Å². The van der Waals surface area contributed by atoms with Gasteiger partial charge in [-0.1, -0.05) is 6.92 Å². The third-order valence-electron chi connectivity index (χ3n) is 7.59. The highest BCUT2D eigenvalue weighted by Crippen LogP contribution is 2.50. The highest BCUT2D eigenvalue weighted by molar-refractivity contribution is 5.82. The van der Waals surface area contributed by atoms with E-state index in [-0.39, 0.29) is 17.4 Å². The van der Waals surface area contributed by atoms with Gasteiger partial charge in [0.2, 0.25) is 11.8 Å². The molecule has 0 aromatic carbocycles. The molecule has 1 unspecified atom stereocenters. The molecule has 4 heterocycles. The van der Waals surface area contributed by atoms with Gasteiger partial charge in [-0.2, -0.15) is 0 Å². The van der Waals surface area contributed by atoms with Gasteiger partial charge in [-0.25, -0.2) is 0 Å². The van der Waals surface area contributed by atoms with Crippen LogP contribution in [-0.2, 0) is 9.59 Å². The van der Waals surface area contributed by atoms with Crippen LogP contribution in [0.2, 0.25) is 0 Å². The molecule has 7 heteroatoms. The second kappa shape index (κ2) is 7.84. The molecule has 2 amide bonds. The number of amides is 2. The molecule has 7 nitrogen and oxygen atoms in total. The summed E-state index contributed by atoms with van der Waals surface area (Å²) in [7, 11) is 0. The summed E-state index contributed by atoms with van der Waals surface area (Å²) in [6.07, 6.45) is 7.65. The number of nitrogens with zero attached hydrogens (tertiary/aromatic N) is 4. The molecule has 5 rings (SSSR count). The summed E-state index contributed by atoms with van der Waals surface area (Å²) in [5, 5.41) is 3.30. The van der Waals surface area contributed by atoms with Gasteiger partial charge in [-0.15, -0.1) is 0 Å². The molecule has 3 atom stereocenters. The molecule has 3 aliphatic heterocycles. The van der Waals surface area contributed by atoms with E-state index in [9.17, 15) is 9.59 Å². The number of pyridine rings is 1. The van der Waals surface area contributed by atoms with Crippen molar-refractivity contribution in [2.75, 3.05) is 50.7 Å². The smallest absolute Gasteiger partial charge is 0.234 e. The Morgan fingerprint density at radius 2 is 1.90 bits per heavy atom. The number of likely N-dealkylation sites (tertiary alicyclic amines) is 2. The Morgan fingerprint density at radius 3 is 2.60 bits per heavy atom. The van der Waals surface area contributed by atoms with Gasteiger partial charge in [-0.3, -0.25) is 19.5 Å². The van der Waals surface area contributed by atoms with E-state index in [1.54, 1.807) is 0 Å². The van der Waals surface area contributed by atoms with Gasteiger partial charge in [0.05, 0.1) is 12.1 Å². The fourth-order valence-corrected chi connectivity index (χ4v) is 5.73. The first-order chi connectivity index (χ1) is 14.5. The molecule has 0 bridgehead atoms. The lowest BCUT2D eigenvalue weighted by molar-refractivity contribution is -0.136. The lowest BCUT2D eigenvalue weighted by Gasteiger charge is -2.35. The average molecular weight is 412 g/mol. The Morgan fingerprint density at radius 1 is 1.13 bits per heavy atom. The minimum Gasteiger partial charge on any atom is -0.371 e. The largest absolute Gasteiger partial charge is 0.371 e. The van der Waals surface area contributed by atoms with Crippen LogP contribution in [0.4, 0.5) is 5.69 Å². The van der Waals surface area contributed by atoms with Crippen LogP contribution in [0.15, 0.2) is 24.5 Å². The van der Waals surface area contributed by atoms with E-state index in [0.29, 0.717) is 30.8 Å². The lowest BCUT2D eigenvalue weighted by atomic mass is 9.95. The van der Waals surface area contributed by atoms with E-state index in [1.807, 2.05) is 29.4 Å². The third kappa shape index (κ3) is 3.92. The summed E-state index contributed by atoms with van der Waals surface area (Å²) < 4.78 is 0. The summed E-state index contributed by atoms with van der Waals surface area (Å²) in [5.41, 5.74) is 1.04. The number of carbonyl (C=O) groups is 2. The van der Waals surface area contributed by atoms with Crippen molar-refractivity contribution in [3.8, 4) is 0 Å². The number of carbonyl (C=O) groups excluding carboxylic acids is 2. The topological polar surface area (TPSA) is 68.8 Å². The van der Waals surface area contributed by atoms with Crippen LogP contribution in [-0.4, -0.2) is 78.0 Å². The van der Waals surface area contributed by atoms with Gasteiger partial charge in [0, 0.05) is 62.6 Å². The molecule has 1 N–H and O–H groups in total. The minimum absolute atomic E-state index is 0.111. The number of rotatable bonds is 5. The van der Waals surface area contributed by atoms with Gasteiger partial charge >= 0.3 is 0 Å². The van der Waals surface area contributed by atoms with Crippen molar-refractivity contribution in [3.63, 3.8) is 0 Å². The quantitative estimate of drug-likeness (QED) is 0.792. The third-order valence-corrected chi connectivity index (χ3v) is 7.59. The van der Waals surface area contributed by atoms with Crippen LogP contribution >= 0.6 is 0 Å². The van der Waals surface area contributed by atoms with E-state index in [1.165, 1.54) is 12.1 Å². The highest BCUT2D eigenvalue weighted by atomic mass is 16.2. The number of aromatic nitrogens is 1. The second-order valence-corrected chi connectivity index (χ2v) is 9.92. The molecule has 0 spiro atoms. The van der Waals surface area contributed by atoms with Crippen LogP contribution in [0.3, 0.4) is 0 Å². The predicted molar refractivity (Wildman–Crippen MR) is 115 cm³/mol. The van der Waals surface area contributed by atoms with E-state index in [2.05, 4.69) is 27.0 Å². The highest BCUT2D eigenvalue weighted by Gasteiger charge is 2.62. The van der Waals surface area contributed by atoms with Gasteiger partial charge in [-0.05, 0) is 50.3 Å². The Balaban J connectivity index is 1.10. The summed E-state index contributed by atoms with van der Waals surface area (Å²) >= 11 is 0. The van der Waals surface area contributed by atoms with Crippen molar-refractivity contribution in [1.29, 1.82) is 0 Å². The van der Waals surface area contributed by atoms with E-state index in [4.69, 9.17) is 0 Å². The fourth-order valence-electron chi connectivity index (χ4n) is 5.73. The van der Waals surface area contributed by atoms with Crippen LogP contribution in [0.5, 0.6) is 0 Å². The number of fused-ring (bicyclic) bond motifs is 1. The molecule has 30 heavy (non-hydrogen) atoms. The van der Waals surface area contributed by atoms with E-state index in [0.717, 1.165) is 52.0 Å². The number of hydrogen-bond donors (Lipinski definition) is 1. The van der Waals surface area contributed by atoms with Crippen LogP contribution in [0, 0.1) is 17.8 Å². The molecule has 0 radical (unpaired) electrons. The zero-order valence-electron chi connectivity index (χ0n) is 17.9. The molecule has 162 valence electrons. The van der Waals surface area contributed by atoms with Gasteiger partial charge in [0.15, 0.2) is 0 Å². The van der Waals surface area contributed by atoms with Crippen molar-refractivity contribution in [2.45, 2.75) is 38.1 Å². The molecular weight excluding hydrogens is 378 g/mol. The number of hydrogen-bond acceptors (Lipinski definition) is 5. The zero-order valence-corrected chi connectivity index (χ0v) is 17.9. The van der Waals surface area contributed by atoms with Crippen LogP contribution < -0.4 is 10.2 Å². The molecule has 4 fully saturated rings. The van der Waals surface area contributed by atoms with Crippen LogP contribution in [0.1, 0.15) is 32.6 Å². The molecule has 1 saturated carbocycles. The standard InChI is InChI=1S/C23H33N5O2/c1-17-4-9-26(13-17)15-21(29)25-23-12-19(23)14-28(16-23)22(30)18-5-10-27(11-6-18)20-2-7-24-8-3-20/h2-3,7-8,17-19H,4-6,9-16H2,1H3,(H,25,29)/t17?,19-,23-/m0/s1. The molecule has 4 aliphatic rings. The Labute approximate surface area is 178 Å². The van der Waals surface area contributed by atoms with Crippen molar-refractivity contribution in [3.05, 3.63) is 24.5 Å². The summed E-state index contributed by atoms with van der Waals surface area (Å²) in [6.45, 7) is 8.12. The maximum atomic E-state index is 13.1. The number of anilines is 1. The first-order valence-corrected chi connectivity index (χ1v) is 11.5. The monoisotopic (exact) mass is 411 g/mol. The van der Waals surface area contributed by atoms with Crippen molar-refractivity contribution in [1.82, 2.24) is 20.1 Å². The molecule has 1 aromatic heterocycles. The maximum absolute atomic E-state index is 13.1. The molecular formula is C23H33N5O2. The van der Waals surface area contributed by atoms with Crippen molar-refractivity contribution < 1.29 is 9.59 Å². The maximum Gasteiger partial charge on any atom is 0.234 e. The number of piperidine rings is 2. The summed E-state index contributed by atoms with van der Waals surface area (Å²) in [6, 6.07) is 4.07. The lowest BCUT2D eigenvalue weighted by Crippen LogP contribution is -2.48. The van der Waals surface area contributed by atoms with Gasteiger partial charge < -0.3 is 15.1 Å². The minimum atomic E-state index is -0.143. The second-order valence-electron chi connectivity index (χ2n) is 9.92. The zero-order chi connectivity index (χ0) is 20.7.